The Hall–Kier alpha value is -1.39. The lowest BCUT2D eigenvalue weighted by atomic mass is 9.88. The fourth-order valence-electron chi connectivity index (χ4n) is 3.45. The Morgan fingerprint density at radius 2 is 1.56 bits per heavy atom. The SMILES string of the molecule is O=C1C2CC2C(=O)N1C1(C(=O)O)CCCCCC1. The van der Waals surface area contributed by atoms with Gasteiger partial charge in [0.25, 0.3) is 0 Å². The maximum atomic E-state index is 12.1. The standard InChI is InChI=1S/C13H17NO4/c15-10-8-7-9(8)11(16)14(10)13(12(17)18)5-3-1-2-4-6-13/h8-9H,1-7H2,(H,17,18). The van der Waals surface area contributed by atoms with Gasteiger partial charge in [0.15, 0.2) is 0 Å². The van der Waals surface area contributed by atoms with Crippen LogP contribution in [0, 0.1) is 11.8 Å². The highest BCUT2D eigenvalue weighted by Gasteiger charge is 2.65. The molecule has 5 heteroatoms. The number of imide groups is 1. The Balaban J connectivity index is 1.96. The minimum absolute atomic E-state index is 0.211. The van der Waals surface area contributed by atoms with Crippen LogP contribution in [0.25, 0.3) is 0 Å². The van der Waals surface area contributed by atoms with Crippen molar-refractivity contribution in [2.45, 2.75) is 50.5 Å². The van der Waals surface area contributed by atoms with Gasteiger partial charge >= 0.3 is 5.97 Å². The number of nitrogens with zero attached hydrogens (tertiary/aromatic N) is 1. The first-order chi connectivity index (χ1) is 8.58. The molecule has 3 aliphatic rings. The predicted octanol–water partition coefficient (Wildman–Crippen LogP) is 1.17. The summed E-state index contributed by atoms with van der Waals surface area (Å²) in [5, 5.41) is 9.56. The summed E-state index contributed by atoms with van der Waals surface area (Å²) in [6, 6.07) is 0. The molecule has 1 saturated heterocycles. The Labute approximate surface area is 105 Å². The number of carbonyl (C=O) groups excluding carboxylic acids is 2. The van der Waals surface area contributed by atoms with Gasteiger partial charge in [-0.05, 0) is 19.3 Å². The second-order valence-electron chi connectivity index (χ2n) is 5.71. The van der Waals surface area contributed by atoms with E-state index >= 15 is 0 Å². The van der Waals surface area contributed by atoms with Gasteiger partial charge in [-0.25, -0.2) is 4.79 Å². The van der Waals surface area contributed by atoms with Crippen molar-refractivity contribution >= 4 is 17.8 Å². The molecule has 1 N–H and O–H groups in total. The maximum absolute atomic E-state index is 12.1. The lowest BCUT2D eigenvalue weighted by molar-refractivity contribution is -0.165. The zero-order chi connectivity index (χ0) is 12.9. The van der Waals surface area contributed by atoms with E-state index in [4.69, 9.17) is 0 Å². The number of hydrogen-bond acceptors (Lipinski definition) is 3. The van der Waals surface area contributed by atoms with Crippen molar-refractivity contribution in [1.82, 2.24) is 4.90 Å². The summed E-state index contributed by atoms with van der Waals surface area (Å²) in [5.74, 6) is -1.91. The number of likely N-dealkylation sites (tertiary alicyclic amines) is 1. The topological polar surface area (TPSA) is 74.7 Å². The molecule has 0 aromatic carbocycles. The number of aliphatic carboxylic acids is 1. The average Bonchev–Trinajstić information content (AvgIpc) is 3.10. The predicted molar refractivity (Wildman–Crippen MR) is 61.5 cm³/mol. The minimum atomic E-state index is -1.25. The summed E-state index contributed by atoms with van der Waals surface area (Å²) >= 11 is 0. The number of carboxylic acids is 1. The second-order valence-corrected chi connectivity index (χ2v) is 5.71. The van der Waals surface area contributed by atoms with E-state index in [0.29, 0.717) is 19.3 Å². The Kier molecular flexibility index (Phi) is 2.47. The molecule has 1 aliphatic heterocycles. The van der Waals surface area contributed by atoms with Gasteiger partial charge in [0, 0.05) is 0 Å². The van der Waals surface area contributed by atoms with Crippen LogP contribution < -0.4 is 0 Å². The molecule has 2 saturated carbocycles. The highest BCUT2D eigenvalue weighted by molar-refractivity contribution is 6.12. The molecule has 0 bridgehead atoms. The number of amides is 2. The molecule has 98 valence electrons. The van der Waals surface area contributed by atoms with E-state index in [1.54, 1.807) is 0 Å². The molecule has 2 unspecified atom stereocenters. The first kappa shape index (κ1) is 11.7. The van der Waals surface area contributed by atoms with Crippen molar-refractivity contribution in [2.24, 2.45) is 11.8 Å². The first-order valence-electron chi connectivity index (χ1n) is 6.69. The third-order valence-electron chi connectivity index (χ3n) is 4.62. The number of fused-ring (bicyclic) bond motifs is 1. The first-order valence-corrected chi connectivity index (χ1v) is 6.69. The lowest BCUT2D eigenvalue weighted by Gasteiger charge is -2.37. The summed E-state index contributed by atoms with van der Waals surface area (Å²) in [4.78, 5) is 37.0. The van der Waals surface area contributed by atoms with E-state index in [0.717, 1.165) is 30.6 Å². The molecule has 0 aromatic heterocycles. The van der Waals surface area contributed by atoms with Crippen molar-refractivity contribution in [3.63, 3.8) is 0 Å². The van der Waals surface area contributed by atoms with Gasteiger partial charge in [-0.2, -0.15) is 0 Å². The molecule has 18 heavy (non-hydrogen) atoms. The Bertz CT molecular complexity index is 403. The van der Waals surface area contributed by atoms with Gasteiger partial charge in [-0.15, -0.1) is 0 Å². The zero-order valence-corrected chi connectivity index (χ0v) is 10.2. The summed E-state index contributed by atoms with van der Waals surface area (Å²) in [5.41, 5.74) is -1.25. The average molecular weight is 251 g/mol. The molecule has 0 radical (unpaired) electrons. The van der Waals surface area contributed by atoms with E-state index < -0.39 is 11.5 Å². The Morgan fingerprint density at radius 3 is 2.00 bits per heavy atom. The monoisotopic (exact) mass is 251 g/mol. The van der Waals surface area contributed by atoms with Gasteiger partial charge in [-0.3, -0.25) is 14.5 Å². The number of carbonyl (C=O) groups is 3. The van der Waals surface area contributed by atoms with Crippen molar-refractivity contribution in [3.05, 3.63) is 0 Å². The third-order valence-corrected chi connectivity index (χ3v) is 4.62. The molecule has 3 fully saturated rings. The van der Waals surface area contributed by atoms with Crippen LogP contribution in [-0.4, -0.2) is 33.3 Å². The maximum Gasteiger partial charge on any atom is 0.330 e. The molecule has 0 aromatic rings. The van der Waals surface area contributed by atoms with Gasteiger partial charge in [0.2, 0.25) is 11.8 Å². The number of piperidine rings is 1. The summed E-state index contributed by atoms with van der Waals surface area (Å²) in [6.45, 7) is 0. The van der Waals surface area contributed by atoms with Crippen LogP contribution in [0.1, 0.15) is 44.9 Å². The summed E-state index contributed by atoms with van der Waals surface area (Å²) in [6.07, 6.45) is 4.98. The summed E-state index contributed by atoms with van der Waals surface area (Å²) < 4.78 is 0. The van der Waals surface area contributed by atoms with E-state index in [-0.39, 0.29) is 23.7 Å². The van der Waals surface area contributed by atoms with Crippen molar-refractivity contribution in [1.29, 1.82) is 0 Å². The molecule has 2 atom stereocenters. The molecule has 1 heterocycles. The van der Waals surface area contributed by atoms with Crippen LogP contribution in [0.5, 0.6) is 0 Å². The van der Waals surface area contributed by atoms with Crippen LogP contribution in [0.2, 0.25) is 0 Å². The smallest absolute Gasteiger partial charge is 0.330 e. The molecule has 5 nitrogen and oxygen atoms in total. The zero-order valence-electron chi connectivity index (χ0n) is 10.2. The van der Waals surface area contributed by atoms with Gasteiger partial charge in [0.1, 0.15) is 5.54 Å². The van der Waals surface area contributed by atoms with Crippen LogP contribution >= 0.6 is 0 Å². The van der Waals surface area contributed by atoms with Gasteiger partial charge in [-0.1, -0.05) is 25.7 Å². The van der Waals surface area contributed by atoms with Crippen LogP contribution in [-0.2, 0) is 14.4 Å². The van der Waals surface area contributed by atoms with Gasteiger partial charge < -0.3 is 5.11 Å². The van der Waals surface area contributed by atoms with Crippen LogP contribution in [0.15, 0.2) is 0 Å². The molecule has 0 spiro atoms. The van der Waals surface area contributed by atoms with Crippen molar-refractivity contribution in [3.8, 4) is 0 Å². The van der Waals surface area contributed by atoms with E-state index in [9.17, 15) is 19.5 Å². The van der Waals surface area contributed by atoms with E-state index in [1.165, 1.54) is 0 Å². The molecule has 2 aliphatic carbocycles. The van der Waals surface area contributed by atoms with Crippen LogP contribution in [0.3, 0.4) is 0 Å². The third kappa shape index (κ3) is 1.42. The highest BCUT2D eigenvalue weighted by Crippen LogP contribution is 2.51. The van der Waals surface area contributed by atoms with E-state index in [2.05, 4.69) is 0 Å². The van der Waals surface area contributed by atoms with E-state index in [1.807, 2.05) is 0 Å². The lowest BCUT2D eigenvalue weighted by Crippen LogP contribution is -2.58. The normalized spacial score (nSPS) is 34.1. The fourth-order valence-corrected chi connectivity index (χ4v) is 3.45. The highest BCUT2D eigenvalue weighted by atomic mass is 16.4. The fraction of sp³-hybridized carbons (Fsp3) is 0.769. The molecule has 3 rings (SSSR count). The number of rotatable bonds is 2. The molecular weight excluding hydrogens is 234 g/mol. The largest absolute Gasteiger partial charge is 0.479 e. The van der Waals surface area contributed by atoms with Gasteiger partial charge in [0.05, 0.1) is 11.8 Å². The van der Waals surface area contributed by atoms with Crippen molar-refractivity contribution in [2.75, 3.05) is 0 Å². The number of hydrogen-bond donors (Lipinski definition) is 1. The molecule has 2 amide bonds. The number of carboxylic acid groups (broad SMARTS) is 1. The Morgan fingerprint density at radius 1 is 1.06 bits per heavy atom. The molecular formula is C13H17NO4. The quantitative estimate of drug-likeness (QED) is 0.590. The van der Waals surface area contributed by atoms with Crippen LogP contribution in [0.4, 0.5) is 0 Å². The summed E-state index contributed by atoms with van der Waals surface area (Å²) in [7, 11) is 0. The van der Waals surface area contributed by atoms with Crippen molar-refractivity contribution < 1.29 is 19.5 Å². The minimum Gasteiger partial charge on any atom is -0.479 e. The second kappa shape index (κ2) is 3.80.